The van der Waals surface area contributed by atoms with Crippen molar-refractivity contribution in [2.45, 2.75) is 80.1 Å². The normalized spacial score (nSPS) is 19.1. The van der Waals surface area contributed by atoms with Crippen LogP contribution >= 0.6 is 0 Å². The van der Waals surface area contributed by atoms with E-state index in [9.17, 15) is 0 Å². The molecule has 0 heterocycles. The molecule has 0 bridgehead atoms. The molecule has 0 aromatic carbocycles. The van der Waals surface area contributed by atoms with E-state index in [-0.39, 0.29) is 0 Å². The Morgan fingerprint density at radius 2 is 0.938 bits per heavy atom. The minimum atomic E-state index is 0.904. The number of hydrogen-bond acceptors (Lipinski definition) is 0. The second-order valence-corrected chi connectivity index (χ2v) is 6.21. The van der Waals surface area contributed by atoms with Crippen molar-refractivity contribution in [2.75, 3.05) is 0 Å². The van der Waals surface area contributed by atoms with Crippen molar-refractivity contribution in [1.82, 2.24) is 0 Å². The molecule has 0 saturated heterocycles. The van der Waals surface area contributed by atoms with Gasteiger partial charge in [0, 0.05) is 0 Å². The zero-order chi connectivity index (χ0) is 12.6. The molecule has 0 amide bonds. The van der Waals surface area contributed by atoms with Crippen LogP contribution in [0.3, 0.4) is 0 Å². The molecule has 0 nitrogen and oxygen atoms in total. The standard InChI is InChI=1S/C16H34/c1-7-9-13(3)11-15(5)16(6)12-14(4)10-8-2/h13-16H,7-12H2,1-6H3/t13-,14+,15+,16-. The molecule has 0 N–H and O–H groups in total. The zero-order valence-corrected chi connectivity index (χ0v) is 12.6. The Kier molecular flexibility index (Phi) is 9.07. The number of rotatable bonds is 9. The van der Waals surface area contributed by atoms with Crippen LogP contribution in [0.15, 0.2) is 0 Å². The second-order valence-electron chi connectivity index (χ2n) is 6.21. The minimum absolute atomic E-state index is 0.904. The van der Waals surface area contributed by atoms with E-state index < -0.39 is 0 Å². The van der Waals surface area contributed by atoms with Crippen LogP contribution in [0.4, 0.5) is 0 Å². The van der Waals surface area contributed by atoms with E-state index in [0.29, 0.717) is 0 Å². The highest BCUT2D eigenvalue weighted by atomic mass is 14.2. The SMILES string of the molecule is CCC[C@@H](C)C[C@H](C)[C@H](C)C[C@@H](C)CCC. The van der Waals surface area contributed by atoms with Crippen LogP contribution in [0.2, 0.25) is 0 Å². The Morgan fingerprint density at radius 3 is 1.19 bits per heavy atom. The Hall–Kier alpha value is 0. The highest BCUT2D eigenvalue weighted by molar-refractivity contribution is 4.68. The lowest BCUT2D eigenvalue weighted by Gasteiger charge is -2.25. The van der Waals surface area contributed by atoms with Crippen LogP contribution in [0, 0.1) is 23.7 Å². The van der Waals surface area contributed by atoms with Crippen molar-refractivity contribution in [2.24, 2.45) is 23.7 Å². The first-order chi connectivity index (χ1) is 7.51. The van der Waals surface area contributed by atoms with Crippen LogP contribution in [0.1, 0.15) is 80.1 Å². The van der Waals surface area contributed by atoms with Gasteiger partial charge < -0.3 is 0 Å². The van der Waals surface area contributed by atoms with Crippen molar-refractivity contribution < 1.29 is 0 Å². The zero-order valence-electron chi connectivity index (χ0n) is 12.6. The fraction of sp³-hybridized carbons (Fsp3) is 1.00. The molecular weight excluding hydrogens is 192 g/mol. The predicted molar refractivity (Wildman–Crippen MR) is 75.7 cm³/mol. The maximum atomic E-state index is 2.45. The lowest BCUT2D eigenvalue weighted by atomic mass is 9.81. The van der Waals surface area contributed by atoms with Crippen LogP contribution in [0.5, 0.6) is 0 Å². The summed E-state index contributed by atoms with van der Waals surface area (Å²) < 4.78 is 0. The van der Waals surface area contributed by atoms with Crippen molar-refractivity contribution >= 4 is 0 Å². The van der Waals surface area contributed by atoms with Gasteiger partial charge in [0.1, 0.15) is 0 Å². The second kappa shape index (κ2) is 9.07. The third-order valence-electron chi connectivity index (χ3n) is 4.08. The molecule has 0 radical (unpaired) electrons. The molecule has 0 saturated carbocycles. The van der Waals surface area contributed by atoms with Gasteiger partial charge in [-0.25, -0.2) is 0 Å². The fourth-order valence-electron chi connectivity index (χ4n) is 2.96. The first-order valence-electron chi connectivity index (χ1n) is 7.51. The maximum Gasteiger partial charge on any atom is -0.0414 e. The Balaban J connectivity index is 3.83. The third kappa shape index (κ3) is 7.30. The van der Waals surface area contributed by atoms with Crippen molar-refractivity contribution in [1.29, 1.82) is 0 Å². The van der Waals surface area contributed by atoms with Gasteiger partial charge in [-0.05, 0) is 36.5 Å². The summed E-state index contributed by atoms with van der Waals surface area (Å²) in [5.41, 5.74) is 0. The average Bonchev–Trinajstić information content (AvgIpc) is 2.17. The van der Waals surface area contributed by atoms with Gasteiger partial charge in [0.05, 0.1) is 0 Å². The first-order valence-corrected chi connectivity index (χ1v) is 7.51. The van der Waals surface area contributed by atoms with E-state index >= 15 is 0 Å². The molecule has 4 atom stereocenters. The van der Waals surface area contributed by atoms with Crippen LogP contribution < -0.4 is 0 Å². The van der Waals surface area contributed by atoms with Gasteiger partial charge in [0.2, 0.25) is 0 Å². The quantitative estimate of drug-likeness (QED) is 0.458. The monoisotopic (exact) mass is 226 g/mol. The molecule has 0 fully saturated rings. The first kappa shape index (κ1) is 16.0. The average molecular weight is 226 g/mol. The fourth-order valence-corrected chi connectivity index (χ4v) is 2.96. The molecule has 0 aliphatic heterocycles. The molecule has 0 unspecified atom stereocenters. The molecule has 0 aromatic rings. The summed E-state index contributed by atoms with van der Waals surface area (Å²) in [6.45, 7) is 14.3. The summed E-state index contributed by atoms with van der Waals surface area (Å²) in [5.74, 6) is 3.65. The van der Waals surface area contributed by atoms with Crippen LogP contribution in [-0.2, 0) is 0 Å². The van der Waals surface area contributed by atoms with E-state index in [1.165, 1.54) is 38.5 Å². The highest BCUT2D eigenvalue weighted by Crippen LogP contribution is 2.28. The molecular formula is C16H34. The smallest absolute Gasteiger partial charge is 0.0414 e. The summed E-state index contributed by atoms with van der Waals surface area (Å²) in [4.78, 5) is 0. The van der Waals surface area contributed by atoms with Gasteiger partial charge in [-0.15, -0.1) is 0 Å². The summed E-state index contributed by atoms with van der Waals surface area (Å²) in [6.07, 6.45) is 8.34. The van der Waals surface area contributed by atoms with E-state index in [1.54, 1.807) is 0 Å². The van der Waals surface area contributed by atoms with Gasteiger partial charge >= 0.3 is 0 Å². The molecule has 0 spiro atoms. The summed E-state index contributed by atoms with van der Waals surface area (Å²) in [5, 5.41) is 0. The molecule has 0 rings (SSSR count). The number of hydrogen-bond donors (Lipinski definition) is 0. The molecule has 0 aliphatic rings. The molecule has 98 valence electrons. The van der Waals surface area contributed by atoms with Crippen LogP contribution in [0.25, 0.3) is 0 Å². The Bertz CT molecular complexity index is 132. The van der Waals surface area contributed by atoms with Crippen molar-refractivity contribution in [3.8, 4) is 0 Å². The largest absolute Gasteiger partial charge is 0.0654 e. The van der Waals surface area contributed by atoms with Gasteiger partial charge in [-0.2, -0.15) is 0 Å². The van der Waals surface area contributed by atoms with Gasteiger partial charge in [-0.3, -0.25) is 0 Å². The summed E-state index contributed by atoms with van der Waals surface area (Å²) in [6, 6.07) is 0. The summed E-state index contributed by atoms with van der Waals surface area (Å²) >= 11 is 0. The van der Waals surface area contributed by atoms with E-state index in [0.717, 1.165) is 23.7 Å². The van der Waals surface area contributed by atoms with Crippen LogP contribution in [-0.4, -0.2) is 0 Å². The third-order valence-corrected chi connectivity index (χ3v) is 4.08. The van der Waals surface area contributed by atoms with Gasteiger partial charge in [0.25, 0.3) is 0 Å². The topological polar surface area (TPSA) is 0 Å². The lowest BCUT2D eigenvalue weighted by molar-refractivity contribution is 0.258. The summed E-state index contributed by atoms with van der Waals surface area (Å²) in [7, 11) is 0. The van der Waals surface area contributed by atoms with Crippen molar-refractivity contribution in [3.05, 3.63) is 0 Å². The Labute approximate surface area is 104 Å². The van der Waals surface area contributed by atoms with E-state index in [2.05, 4.69) is 41.5 Å². The minimum Gasteiger partial charge on any atom is -0.0654 e. The molecule has 0 aliphatic carbocycles. The highest BCUT2D eigenvalue weighted by Gasteiger charge is 2.17. The van der Waals surface area contributed by atoms with E-state index in [4.69, 9.17) is 0 Å². The molecule has 16 heavy (non-hydrogen) atoms. The molecule has 0 aromatic heterocycles. The van der Waals surface area contributed by atoms with Gasteiger partial charge in [0.15, 0.2) is 0 Å². The maximum absolute atomic E-state index is 2.45. The van der Waals surface area contributed by atoms with Crippen molar-refractivity contribution in [3.63, 3.8) is 0 Å². The van der Waals surface area contributed by atoms with Gasteiger partial charge in [-0.1, -0.05) is 67.2 Å². The molecule has 0 heteroatoms. The Morgan fingerprint density at radius 1 is 0.625 bits per heavy atom. The lowest BCUT2D eigenvalue weighted by Crippen LogP contribution is -2.14. The predicted octanol–water partition coefficient (Wildman–Crippen LogP) is 5.91. The van der Waals surface area contributed by atoms with E-state index in [1.807, 2.05) is 0 Å².